The Morgan fingerprint density at radius 1 is 1.35 bits per heavy atom. The lowest BCUT2D eigenvalue weighted by atomic mass is 9.87. The van der Waals surface area contributed by atoms with Gasteiger partial charge in [0.15, 0.2) is 5.96 Å². The highest BCUT2D eigenvalue weighted by Gasteiger charge is 2.19. The molecule has 0 heterocycles. The Hall–Kier alpha value is -1.62. The third kappa shape index (κ3) is 5.82. The second-order valence-electron chi connectivity index (χ2n) is 6.40. The van der Waals surface area contributed by atoms with Gasteiger partial charge in [0.25, 0.3) is 0 Å². The van der Waals surface area contributed by atoms with E-state index in [9.17, 15) is 9.50 Å². The molecule has 1 aliphatic carbocycles. The van der Waals surface area contributed by atoms with Gasteiger partial charge in [0.2, 0.25) is 0 Å². The number of aliphatic hydroxyl groups excluding tert-OH is 1. The van der Waals surface area contributed by atoms with Crippen LogP contribution in [0.5, 0.6) is 0 Å². The molecule has 3 atom stereocenters. The van der Waals surface area contributed by atoms with Crippen molar-refractivity contribution in [2.45, 2.75) is 51.7 Å². The zero-order chi connectivity index (χ0) is 16.7. The summed E-state index contributed by atoms with van der Waals surface area (Å²) in [4.78, 5) is 4.48. The number of halogens is 1. The van der Waals surface area contributed by atoms with Gasteiger partial charge in [-0.05, 0) is 43.4 Å². The van der Waals surface area contributed by atoms with Crippen LogP contribution < -0.4 is 10.6 Å². The van der Waals surface area contributed by atoms with Crippen LogP contribution in [-0.2, 0) is 0 Å². The number of guanidine groups is 1. The summed E-state index contributed by atoms with van der Waals surface area (Å²) in [6.45, 7) is 5.34. The highest BCUT2D eigenvalue weighted by Crippen LogP contribution is 2.23. The maximum absolute atomic E-state index is 12.9. The van der Waals surface area contributed by atoms with Crippen molar-refractivity contribution in [3.63, 3.8) is 0 Å². The van der Waals surface area contributed by atoms with E-state index in [0.29, 0.717) is 11.6 Å². The fourth-order valence-corrected chi connectivity index (χ4v) is 3.05. The lowest BCUT2D eigenvalue weighted by Gasteiger charge is -2.29. The van der Waals surface area contributed by atoms with E-state index < -0.39 is 6.10 Å². The summed E-state index contributed by atoms with van der Waals surface area (Å²) in [6.07, 6.45) is 4.14. The molecule has 5 heteroatoms. The van der Waals surface area contributed by atoms with Crippen LogP contribution in [0.3, 0.4) is 0 Å². The minimum atomic E-state index is -0.726. The second kappa shape index (κ2) is 8.87. The number of hydrogen-bond donors (Lipinski definition) is 3. The molecule has 1 aliphatic rings. The smallest absolute Gasteiger partial charge is 0.191 e. The first-order valence-corrected chi connectivity index (χ1v) is 8.56. The zero-order valence-corrected chi connectivity index (χ0v) is 14.1. The third-order valence-electron chi connectivity index (χ3n) is 4.30. The molecule has 0 amide bonds. The molecule has 1 aromatic rings. The Morgan fingerprint density at radius 3 is 2.74 bits per heavy atom. The first-order valence-electron chi connectivity index (χ1n) is 8.56. The molecule has 0 saturated heterocycles. The van der Waals surface area contributed by atoms with Crippen molar-refractivity contribution in [1.82, 2.24) is 10.6 Å². The SMILES string of the molecule is CCNC(=NCC(O)c1ccc(F)cc1)NC1CCCC(C)C1. The minimum Gasteiger partial charge on any atom is -0.386 e. The van der Waals surface area contributed by atoms with Crippen molar-refractivity contribution in [3.8, 4) is 0 Å². The zero-order valence-electron chi connectivity index (χ0n) is 14.1. The van der Waals surface area contributed by atoms with Crippen molar-refractivity contribution in [3.05, 3.63) is 35.6 Å². The maximum Gasteiger partial charge on any atom is 0.191 e. The first kappa shape index (κ1) is 17.7. The van der Waals surface area contributed by atoms with E-state index in [2.05, 4.69) is 22.5 Å². The molecule has 0 spiro atoms. The van der Waals surface area contributed by atoms with E-state index in [1.807, 2.05) is 6.92 Å². The normalized spacial score (nSPS) is 23.4. The van der Waals surface area contributed by atoms with Gasteiger partial charge < -0.3 is 15.7 Å². The highest BCUT2D eigenvalue weighted by molar-refractivity contribution is 5.80. The molecule has 1 fully saturated rings. The Balaban J connectivity index is 1.93. The van der Waals surface area contributed by atoms with Crippen LogP contribution in [0.1, 0.15) is 51.2 Å². The van der Waals surface area contributed by atoms with Gasteiger partial charge in [0.05, 0.1) is 12.6 Å². The highest BCUT2D eigenvalue weighted by atomic mass is 19.1. The van der Waals surface area contributed by atoms with Crippen molar-refractivity contribution in [2.24, 2.45) is 10.9 Å². The molecule has 3 N–H and O–H groups in total. The molecule has 0 aliphatic heterocycles. The Bertz CT molecular complexity index is 503. The lowest BCUT2D eigenvalue weighted by Crippen LogP contribution is -2.45. The fourth-order valence-electron chi connectivity index (χ4n) is 3.05. The van der Waals surface area contributed by atoms with Gasteiger partial charge >= 0.3 is 0 Å². The van der Waals surface area contributed by atoms with Crippen molar-refractivity contribution in [1.29, 1.82) is 0 Å². The molecule has 4 nitrogen and oxygen atoms in total. The standard InChI is InChI=1S/C18H28FN3O/c1-3-20-18(22-16-6-4-5-13(2)11-16)21-12-17(23)14-7-9-15(19)10-8-14/h7-10,13,16-17,23H,3-6,11-12H2,1-2H3,(H2,20,21,22). The molecule has 128 valence electrons. The van der Waals surface area contributed by atoms with Crippen LogP contribution >= 0.6 is 0 Å². The minimum absolute atomic E-state index is 0.253. The number of benzene rings is 1. The summed E-state index contributed by atoms with van der Waals surface area (Å²) < 4.78 is 12.9. The predicted molar refractivity (Wildman–Crippen MR) is 91.9 cm³/mol. The molecule has 23 heavy (non-hydrogen) atoms. The van der Waals surface area contributed by atoms with E-state index in [1.54, 1.807) is 12.1 Å². The molecule has 2 rings (SSSR count). The van der Waals surface area contributed by atoms with E-state index in [1.165, 1.54) is 25.0 Å². The molecule has 1 saturated carbocycles. The topological polar surface area (TPSA) is 56.7 Å². The van der Waals surface area contributed by atoms with Gasteiger partial charge in [0.1, 0.15) is 5.82 Å². The maximum atomic E-state index is 12.9. The molecule has 0 bridgehead atoms. The summed E-state index contributed by atoms with van der Waals surface area (Å²) in [7, 11) is 0. The van der Waals surface area contributed by atoms with Gasteiger partial charge in [-0.3, -0.25) is 4.99 Å². The molecular formula is C18H28FN3O. The molecular weight excluding hydrogens is 293 g/mol. The Kier molecular flexibility index (Phi) is 6.84. The predicted octanol–water partition coefficient (Wildman–Crippen LogP) is 2.99. The van der Waals surface area contributed by atoms with Crippen molar-refractivity contribution in [2.75, 3.05) is 13.1 Å². The van der Waals surface area contributed by atoms with Crippen LogP contribution in [0.2, 0.25) is 0 Å². The average molecular weight is 321 g/mol. The molecule has 0 radical (unpaired) electrons. The van der Waals surface area contributed by atoms with Crippen LogP contribution in [0.25, 0.3) is 0 Å². The molecule has 3 unspecified atom stereocenters. The van der Waals surface area contributed by atoms with Crippen LogP contribution in [0, 0.1) is 11.7 Å². The number of aliphatic hydroxyl groups is 1. The number of nitrogens with zero attached hydrogens (tertiary/aromatic N) is 1. The van der Waals surface area contributed by atoms with E-state index >= 15 is 0 Å². The van der Waals surface area contributed by atoms with Gasteiger partial charge in [-0.25, -0.2) is 4.39 Å². The number of aliphatic imine (C=N–C) groups is 1. The van der Waals surface area contributed by atoms with Crippen LogP contribution in [0.15, 0.2) is 29.3 Å². The monoisotopic (exact) mass is 321 g/mol. The van der Waals surface area contributed by atoms with E-state index in [-0.39, 0.29) is 12.4 Å². The summed E-state index contributed by atoms with van der Waals surface area (Å²) in [5, 5.41) is 16.9. The Labute approximate surface area is 138 Å². The van der Waals surface area contributed by atoms with Crippen LogP contribution in [-0.4, -0.2) is 30.2 Å². The largest absolute Gasteiger partial charge is 0.386 e. The summed E-state index contributed by atoms with van der Waals surface area (Å²) >= 11 is 0. The summed E-state index contributed by atoms with van der Waals surface area (Å²) in [5.74, 6) is 1.19. The lowest BCUT2D eigenvalue weighted by molar-refractivity contribution is 0.187. The Morgan fingerprint density at radius 2 is 2.09 bits per heavy atom. The quantitative estimate of drug-likeness (QED) is 0.577. The second-order valence-corrected chi connectivity index (χ2v) is 6.40. The average Bonchev–Trinajstić information content (AvgIpc) is 2.53. The van der Waals surface area contributed by atoms with Gasteiger partial charge in [-0.15, -0.1) is 0 Å². The molecule has 1 aromatic carbocycles. The van der Waals surface area contributed by atoms with Crippen molar-refractivity contribution < 1.29 is 9.50 Å². The van der Waals surface area contributed by atoms with Crippen molar-refractivity contribution >= 4 is 5.96 Å². The first-order chi connectivity index (χ1) is 11.1. The van der Waals surface area contributed by atoms with E-state index in [4.69, 9.17) is 0 Å². The van der Waals surface area contributed by atoms with Gasteiger partial charge in [-0.1, -0.05) is 31.9 Å². The fraction of sp³-hybridized carbons (Fsp3) is 0.611. The van der Waals surface area contributed by atoms with Gasteiger partial charge in [0, 0.05) is 12.6 Å². The van der Waals surface area contributed by atoms with Crippen LogP contribution in [0.4, 0.5) is 4.39 Å². The molecule has 0 aromatic heterocycles. The number of hydrogen-bond acceptors (Lipinski definition) is 2. The van der Waals surface area contributed by atoms with E-state index in [0.717, 1.165) is 31.3 Å². The number of rotatable bonds is 5. The number of nitrogens with one attached hydrogen (secondary N) is 2. The summed E-state index contributed by atoms with van der Waals surface area (Å²) in [6, 6.07) is 6.35. The summed E-state index contributed by atoms with van der Waals surface area (Å²) in [5.41, 5.74) is 0.678. The third-order valence-corrected chi connectivity index (χ3v) is 4.30. The van der Waals surface area contributed by atoms with Gasteiger partial charge in [-0.2, -0.15) is 0 Å².